The van der Waals surface area contributed by atoms with Crippen LogP contribution < -0.4 is 23.8 Å². The Morgan fingerprint density at radius 2 is 1.33 bits per heavy atom. The number of carbonyl (C=O) groups is 2. The van der Waals surface area contributed by atoms with Crippen molar-refractivity contribution in [2.24, 2.45) is 5.92 Å². The predicted molar refractivity (Wildman–Crippen MR) is 161 cm³/mol. The lowest BCUT2D eigenvalue weighted by Gasteiger charge is -2.38. The van der Waals surface area contributed by atoms with E-state index in [4.69, 9.17) is 18.9 Å². The average Bonchev–Trinajstić information content (AvgIpc) is 3.49. The second-order valence-corrected chi connectivity index (χ2v) is 10.7. The minimum Gasteiger partial charge on any atom is -0.495 e. The summed E-state index contributed by atoms with van der Waals surface area (Å²) in [5.74, 6) is 1.66. The Labute approximate surface area is 247 Å². The third-order valence-corrected chi connectivity index (χ3v) is 8.36. The number of hydrogen-bond donors (Lipinski definition) is 0. The van der Waals surface area contributed by atoms with Crippen LogP contribution in [0.2, 0.25) is 0 Å². The first kappa shape index (κ1) is 29.1. The number of carbonyl (C=O) groups excluding carboxylic acids is 2. The monoisotopic (exact) mass is 573 g/mol. The molecule has 0 aromatic heterocycles. The molecular formula is C33H39N3O6. The van der Waals surface area contributed by atoms with Gasteiger partial charge in [-0.2, -0.15) is 0 Å². The number of para-hydroxylation sites is 2. The Morgan fingerprint density at radius 3 is 1.93 bits per heavy atom. The SMILES string of the molecule is COc1ccccc1N1CCN(C(=O)[C@@H]2CN(C(=O)c3ccc(C)cc3)C[C@H]2c2cc(OC)c(OC)c(OC)c2)CC1. The Hall–Kier alpha value is -4.40. The fourth-order valence-corrected chi connectivity index (χ4v) is 6.05. The van der Waals surface area contributed by atoms with Crippen LogP contribution >= 0.6 is 0 Å². The highest BCUT2D eigenvalue weighted by Crippen LogP contribution is 2.44. The molecule has 9 nitrogen and oxygen atoms in total. The summed E-state index contributed by atoms with van der Waals surface area (Å²) in [6, 6.07) is 19.3. The quantitative estimate of drug-likeness (QED) is 0.399. The zero-order valence-corrected chi connectivity index (χ0v) is 25.0. The van der Waals surface area contributed by atoms with Gasteiger partial charge in [0.2, 0.25) is 11.7 Å². The van der Waals surface area contributed by atoms with E-state index >= 15 is 0 Å². The van der Waals surface area contributed by atoms with Gasteiger partial charge in [-0.1, -0.05) is 29.8 Å². The molecule has 3 aromatic rings. The van der Waals surface area contributed by atoms with E-state index in [1.165, 1.54) is 0 Å². The first-order valence-corrected chi connectivity index (χ1v) is 14.2. The van der Waals surface area contributed by atoms with Crippen LogP contribution in [0.4, 0.5) is 5.69 Å². The lowest BCUT2D eigenvalue weighted by atomic mass is 9.87. The van der Waals surface area contributed by atoms with Crippen LogP contribution in [0.5, 0.6) is 23.0 Å². The number of ether oxygens (including phenoxy) is 4. The van der Waals surface area contributed by atoms with Crippen molar-refractivity contribution in [3.8, 4) is 23.0 Å². The molecule has 2 amide bonds. The van der Waals surface area contributed by atoms with Crippen LogP contribution in [-0.2, 0) is 4.79 Å². The van der Waals surface area contributed by atoms with Crippen LogP contribution in [0.25, 0.3) is 0 Å². The summed E-state index contributed by atoms with van der Waals surface area (Å²) in [5.41, 5.74) is 3.60. The zero-order chi connectivity index (χ0) is 29.8. The number of likely N-dealkylation sites (tertiary alicyclic amines) is 1. The molecule has 2 aliphatic rings. The molecule has 5 rings (SSSR count). The maximum absolute atomic E-state index is 14.2. The smallest absolute Gasteiger partial charge is 0.253 e. The highest BCUT2D eigenvalue weighted by atomic mass is 16.5. The van der Waals surface area contributed by atoms with E-state index < -0.39 is 5.92 Å². The van der Waals surface area contributed by atoms with Gasteiger partial charge in [-0.3, -0.25) is 9.59 Å². The van der Waals surface area contributed by atoms with Crippen LogP contribution in [0, 0.1) is 12.8 Å². The summed E-state index contributed by atoms with van der Waals surface area (Å²) in [6.45, 7) is 5.29. The van der Waals surface area contributed by atoms with Crippen LogP contribution in [0.15, 0.2) is 60.7 Å². The number of benzene rings is 3. The number of amides is 2. The average molecular weight is 574 g/mol. The van der Waals surface area contributed by atoms with E-state index in [1.807, 2.05) is 72.5 Å². The molecule has 0 saturated carbocycles. The number of hydrogen-bond acceptors (Lipinski definition) is 7. The molecule has 222 valence electrons. The second kappa shape index (κ2) is 12.6. The van der Waals surface area contributed by atoms with Crippen molar-refractivity contribution in [1.82, 2.24) is 9.80 Å². The van der Waals surface area contributed by atoms with E-state index in [-0.39, 0.29) is 17.7 Å². The minimum atomic E-state index is -0.417. The zero-order valence-electron chi connectivity index (χ0n) is 25.0. The fourth-order valence-electron chi connectivity index (χ4n) is 6.05. The molecule has 0 bridgehead atoms. The maximum atomic E-state index is 14.2. The van der Waals surface area contributed by atoms with E-state index in [0.29, 0.717) is 62.1 Å². The summed E-state index contributed by atoms with van der Waals surface area (Å²) >= 11 is 0. The van der Waals surface area contributed by atoms with Gasteiger partial charge in [0.05, 0.1) is 40.0 Å². The summed E-state index contributed by atoms with van der Waals surface area (Å²) in [7, 11) is 6.39. The van der Waals surface area contributed by atoms with Gasteiger partial charge in [0.1, 0.15) is 5.75 Å². The van der Waals surface area contributed by atoms with Crippen LogP contribution in [0.1, 0.15) is 27.4 Å². The van der Waals surface area contributed by atoms with Gasteiger partial charge in [-0.15, -0.1) is 0 Å². The van der Waals surface area contributed by atoms with Gasteiger partial charge in [-0.25, -0.2) is 0 Å². The van der Waals surface area contributed by atoms with E-state index in [0.717, 1.165) is 22.6 Å². The summed E-state index contributed by atoms with van der Waals surface area (Å²) in [4.78, 5) is 33.8. The Balaban J connectivity index is 1.42. The van der Waals surface area contributed by atoms with Crippen molar-refractivity contribution in [1.29, 1.82) is 0 Å². The third-order valence-electron chi connectivity index (χ3n) is 8.36. The minimum absolute atomic E-state index is 0.0487. The highest BCUT2D eigenvalue weighted by Gasteiger charge is 2.43. The standard InChI is InChI=1S/C33H39N3O6/c1-22-10-12-23(13-11-22)32(37)36-20-25(24-18-29(40-3)31(42-5)30(19-24)41-4)26(21-36)33(38)35-16-14-34(15-17-35)27-8-6-7-9-28(27)39-2/h6-13,18-19,25-26H,14-17,20-21H2,1-5H3/t25-,26+/m0/s1. The van der Waals surface area contributed by atoms with Gasteiger partial charge in [-0.05, 0) is 48.9 Å². The summed E-state index contributed by atoms with van der Waals surface area (Å²) in [5, 5.41) is 0. The van der Waals surface area contributed by atoms with E-state index in [2.05, 4.69) is 4.90 Å². The number of anilines is 1. The van der Waals surface area contributed by atoms with Gasteiger partial charge in [0, 0.05) is 50.7 Å². The molecule has 3 aromatic carbocycles. The third kappa shape index (κ3) is 5.68. The fraction of sp³-hybridized carbons (Fsp3) is 0.394. The normalized spacial score (nSPS) is 18.5. The highest BCUT2D eigenvalue weighted by molar-refractivity contribution is 5.95. The molecule has 2 saturated heterocycles. The number of piperazine rings is 1. The molecule has 2 atom stereocenters. The van der Waals surface area contributed by atoms with Crippen molar-refractivity contribution in [2.45, 2.75) is 12.8 Å². The Morgan fingerprint density at radius 1 is 0.714 bits per heavy atom. The molecule has 0 radical (unpaired) electrons. The number of methoxy groups -OCH3 is 4. The van der Waals surface area contributed by atoms with Crippen LogP contribution in [0.3, 0.4) is 0 Å². The van der Waals surface area contributed by atoms with Crippen molar-refractivity contribution in [3.63, 3.8) is 0 Å². The molecule has 2 heterocycles. The van der Waals surface area contributed by atoms with Gasteiger partial charge in [0.15, 0.2) is 11.5 Å². The van der Waals surface area contributed by atoms with Gasteiger partial charge >= 0.3 is 0 Å². The van der Waals surface area contributed by atoms with Crippen molar-refractivity contribution < 1.29 is 28.5 Å². The molecule has 0 unspecified atom stereocenters. The molecule has 0 aliphatic carbocycles. The molecule has 0 spiro atoms. The van der Waals surface area contributed by atoms with Crippen molar-refractivity contribution in [3.05, 3.63) is 77.4 Å². The molecular weight excluding hydrogens is 534 g/mol. The van der Waals surface area contributed by atoms with E-state index in [9.17, 15) is 9.59 Å². The van der Waals surface area contributed by atoms with Crippen molar-refractivity contribution >= 4 is 17.5 Å². The Bertz CT molecular complexity index is 1390. The number of nitrogens with zero attached hydrogens (tertiary/aromatic N) is 3. The first-order chi connectivity index (χ1) is 20.4. The van der Waals surface area contributed by atoms with Gasteiger partial charge in [0.25, 0.3) is 5.91 Å². The van der Waals surface area contributed by atoms with Gasteiger partial charge < -0.3 is 33.6 Å². The topological polar surface area (TPSA) is 80.8 Å². The molecule has 0 N–H and O–H groups in total. The number of rotatable bonds is 8. The lowest BCUT2D eigenvalue weighted by Crippen LogP contribution is -2.51. The van der Waals surface area contributed by atoms with Crippen molar-refractivity contribution in [2.75, 3.05) is 72.6 Å². The maximum Gasteiger partial charge on any atom is 0.253 e. The van der Waals surface area contributed by atoms with Crippen LogP contribution in [-0.4, -0.2) is 89.3 Å². The molecule has 42 heavy (non-hydrogen) atoms. The predicted octanol–water partition coefficient (Wildman–Crippen LogP) is 4.23. The van der Waals surface area contributed by atoms with E-state index in [1.54, 1.807) is 33.3 Å². The number of aryl methyl sites for hydroxylation is 1. The summed E-state index contributed by atoms with van der Waals surface area (Å²) in [6.07, 6.45) is 0. The molecule has 2 fully saturated rings. The first-order valence-electron chi connectivity index (χ1n) is 14.2. The summed E-state index contributed by atoms with van der Waals surface area (Å²) < 4.78 is 22.3. The molecule has 9 heteroatoms. The second-order valence-electron chi connectivity index (χ2n) is 10.7. The Kier molecular flexibility index (Phi) is 8.75. The lowest BCUT2D eigenvalue weighted by molar-refractivity contribution is -0.135. The largest absolute Gasteiger partial charge is 0.495 e. The molecule has 2 aliphatic heterocycles.